The van der Waals surface area contributed by atoms with Gasteiger partial charge in [-0.3, -0.25) is 14.4 Å². The third-order valence-corrected chi connectivity index (χ3v) is 15.0. The summed E-state index contributed by atoms with van der Waals surface area (Å²) in [5, 5.41) is 0. The summed E-state index contributed by atoms with van der Waals surface area (Å²) in [5.41, 5.74) is 0. The van der Waals surface area contributed by atoms with Gasteiger partial charge in [-0.05, 0) is 25.2 Å². The molecule has 0 amide bonds. The highest BCUT2D eigenvalue weighted by Gasteiger charge is 2.19. The average molecular weight is 1000 g/mol. The van der Waals surface area contributed by atoms with E-state index in [2.05, 4.69) is 27.7 Å². The van der Waals surface area contributed by atoms with Gasteiger partial charge in [-0.25, -0.2) is 0 Å². The fourth-order valence-corrected chi connectivity index (χ4v) is 10.2. The Hall–Kier alpha value is -1.59. The van der Waals surface area contributed by atoms with Crippen LogP contribution in [0.3, 0.4) is 0 Å². The van der Waals surface area contributed by atoms with Crippen molar-refractivity contribution in [2.24, 2.45) is 5.92 Å². The molecule has 0 aliphatic rings. The fourth-order valence-electron chi connectivity index (χ4n) is 10.2. The third kappa shape index (κ3) is 59.2. The van der Waals surface area contributed by atoms with Crippen molar-refractivity contribution in [1.82, 2.24) is 0 Å². The molecular formula is C65H126O6. The quantitative estimate of drug-likeness (QED) is 0.0343. The Labute approximate surface area is 444 Å². The number of hydrogen-bond donors (Lipinski definition) is 0. The molecule has 1 atom stereocenters. The summed E-state index contributed by atoms with van der Waals surface area (Å²) in [6.07, 6.45) is 66.7. The first-order valence-corrected chi connectivity index (χ1v) is 32.4. The van der Waals surface area contributed by atoms with E-state index >= 15 is 0 Å². The van der Waals surface area contributed by atoms with Crippen molar-refractivity contribution in [2.45, 2.75) is 381 Å². The minimum atomic E-state index is -0.763. The van der Waals surface area contributed by atoms with Gasteiger partial charge in [-0.1, -0.05) is 336 Å². The molecule has 0 aliphatic heterocycles. The van der Waals surface area contributed by atoms with Crippen molar-refractivity contribution in [3.63, 3.8) is 0 Å². The van der Waals surface area contributed by atoms with Crippen LogP contribution in [0.25, 0.3) is 0 Å². The summed E-state index contributed by atoms with van der Waals surface area (Å²) in [6.45, 7) is 9.10. The van der Waals surface area contributed by atoms with Gasteiger partial charge in [-0.15, -0.1) is 0 Å². The van der Waals surface area contributed by atoms with Gasteiger partial charge < -0.3 is 14.2 Å². The molecule has 6 nitrogen and oxygen atoms in total. The molecule has 0 aromatic rings. The Bertz CT molecular complexity index is 1070. The van der Waals surface area contributed by atoms with Crippen LogP contribution in [0.15, 0.2) is 0 Å². The minimum absolute atomic E-state index is 0.0610. The number of hydrogen-bond acceptors (Lipinski definition) is 6. The highest BCUT2D eigenvalue weighted by molar-refractivity contribution is 5.71. The Morgan fingerprint density at radius 3 is 0.690 bits per heavy atom. The highest BCUT2D eigenvalue weighted by Crippen LogP contribution is 2.19. The summed E-state index contributed by atoms with van der Waals surface area (Å²) in [7, 11) is 0. The summed E-state index contributed by atoms with van der Waals surface area (Å²) in [6, 6.07) is 0. The van der Waals surface area contributed by atoms with Gasteiger partial charge in [0.25, 0.3) is 0 Å². The Balaban J connectivity index is 4.28. The molecule has 0 fully saturated rings. The van der Waals surface area contributed by atoms with E-state index in [1.54, 1.807) is 0 Å². The number of ether oxygens (including phenoxy) is 3. The molecule has 0 aromatic carbocycles. The molecular weight excluding hydrogens is 877 g/mol. The minimum Gasteiger partial charge on any atom is -0.462 e. The Morgan fingerprint density at radius 2 is 0.465 bits per heavy atom. The lowest BCUT2D eigenvalue weighted by molar-refractivity contribution is -0.167. The van der Waals surface area contributed by atoms with Gasteiger partial charge in [0.1, 0.15) is 13.2 Å². The van der Waals surface area contributed by atoms with E-state index < -0.39 is 6.10 Å². The number of carbonyl (C=O) groups is 3. The Kier molecular flexibility index (Phi) is 58.0. The fraction of sp³-hybridized carbons (Fsp3) is 0.954. The van der Waals surface area contributed by atoms with Gasteiger partial charge in [0.15, 0.2) is 6.10 Å². The van der Waals surface area contributed by atoms with E-state index in [1.165, 1.54) is 270 Å². The zero-order chi connectivity index (χ0) is 51.6. The van der Waals surface area contributed by atoms with Crippen LogP contribution in [0.5, 0.6) is 0 Å². The standard InChI is InChI=1S/C65H126O6/c1-5-7-9-11-13-15-17-19-21-23-28-32-36-40-44-48-52-56-63(66)69-59-62(71-65(68)58-54-50-46-42-38-34-30-24-22-20-18-16-14-12-10-8-6-2)60-70-64(67)57-53-49-45-41-37-33-29-26-25-27-31-35-39-43-47-51-55-61(3)4/h61-62H,5-60H2,1-4H3/t62-/m0/s1. The van der Waals surface area contributed by atoms with Crippen LogP contribution in [0, 0.1) is 5.92 Å². The first-order valence-electron chi connectivity index (χ1n) is 32.4. The molecule has 0 bridgehead atoms. The lowest BCUT2D eigenvalue weighted by atomic mass is 10.0. The maximum atomic E-state index is 12.9. The molecule has 0 rings (SSSR count). The SMILES string of the molecule is CCCCCCCCCCCCCCCCCCCC(=O)OC[C@@H](COC(=O)CCCCCCCCCCCCCCCCCCC(C)C)OC(=O)CCCCCCCCCCCCCCCCCCC. The van der Waals surface area contributed by atoms with E-state index in [0.717, 1.165) is 63.7 Å². The second-order valence-corrected chi connectivity index (χ2v) is 22.9. The molecule has 0 heterocycles. The summed E-state index contributed by atoms with van der Waals surface area (Å²) in [5.74, 6) is 0.0272. The molecule has 0 aromatic heterocycles. The molecule has 71 heavy (non-hydrogen) atoms. The zero-order valence-electron chi connectivity index (χ0n) is 48.7. The van der Waals surface area contributed by atoms with E-state index in [-0.39, 0.29) is 31.1 Å². The van der Waals surface area contributed by atoms with Crippen molar-refractivity contribution in [3.05, 3.63) is 0 Å². The first kappa shape index (κ1) is 69.4. The van der Waals surface area contributed by atoms with Crippen molar-refractivity contribution in [3.8, 4) is 0 Å². The topological polar surface area (TPSA) is 78.9 Å². The maximum absolute atomic E-state index is 12.9. The van der Waals surface area contributed by atoms with Crippen molar-refractivity contribution in [2.75, 3.05) is 13.2 Å². The molecule has 0 N–H and O–H groups in total. The van der Waals surface area contributed by atoms with Gasteiger partial charge in [0, 0.05) is 19.3 Å². The van der Waals surface area contributed by atoms with E-state index in [0.29, 0.717) is 19.3 Å². The lowest BCUT2D eigenvalue weighted by Gasteiger charge is -2.18. The van der Waals surface area contributed by atoms with Gasteiger partial charge >= 0.3 is 17.9 Å². The predicted molar refractivity (Wildman–Crippen MR) is 307 cm³/mol. The van der Waals surface area contributed by atoms with Crippen LogP contribution in [-0.2, 0) is 28.6 Å². The second-order valence-electron chi connectivity index (χ2n) is 22.9. The molecule has 6 heteroatoms. The summed E-state index contributed by atoms with van der Waals surface area (Å²) < 4.78 is 17.0. The normalized spacial score (nSPS) is 12.0. The largest absolute Gasteiger partial charge is 0.462 e. The molecule has 0 aliphatic carbocycles. The van der Waals surface area contributed by atoms with Gasteiger partial charge in [0.05, 0.1) is 0 Å². The van der Waals surface area contributed by atoms with E-state index in [4.69, 9.17) is 14.2 Å². The van der Waals surface area contributed by atoms with Crippen LogP contribution in [-0.4, -0.2) is 37.2 Å². The molecule has 0 saturated heterocycles. The zero-order valence-corrected chi connectivity index (χ0v) is 48.7. The van der Waals surface area contributed by atoms with Crippen LogP contribution in [0.4, 0.5) is 0 Å². The monoisotopic (exact) mass is 1000 g/mol. The molecule has 422 valence electrons. The Morgan fingerprint density at radius 1 is 0.268 bits per heavy atom. The van der Waals surface area contributed by atoms with Crippen molar-refractivity contribution >= 4 is 17.9 Å². The smallest absolute Gasteiger partial charge is 0.306 e. The number of rotatable bonds is 60. The second kappa shape index (κ2) is 59.3. The highest BCUT2D eigenvalue weighted by atomic mass is 16.6. The van der Waals surface area contributed by atoms with Gasteiger partial charge in [0.2, 0.25) is 0 Å². The van der Waals surface area contributed by atoms with E-state index in [9.17, 15) is 14.4 Å². The van der Waals surface area contributed by atoms with Gasteiger partial charge in [-0.2, -0.15) is 0 Å². The summed E-state index contributed by atoms with van der Waals surface area (Å²) in [4.78, 5) is 38.3. The molecule has 0 saturated carbocycles. The predicted octanol–water partition coefficient (Wildman–Crippen LogP) is 21.7. The maximum Gasteiger partial charge on any atom is 0.306 e. The number of esters is 3. The van der Waals surface area contributed by atoms with Crippen molar-refractivity contribution < 1.29 is 28.6 Å². The third-order valence-electron chi connectivity index (χ3n) is 15.0. The van der Waals surface area contributed by atoms with Crippen molar-refractivity contribution in [1.29, 1.82) is 0 Å². The average Bonchev–Trinajstić information content (AvgIpc) is 3.36. The van der Waals surface area contributed by atoms with Crippen LogP contribution in [0.2, 0.25) is 0 Å². The molecule has 0 radical (unpaired) electrons. The number of carbonyl (C=O) groups excluding carboxylic acids is 3. The molecule has 0 unspecified atom stereocenters. The van der Waals surface area contributed by atoms with Crippen LogP contribution in [0.1, 0.15) is 374 Å². The molecule has 0 spiro atoms. The van der Waals surface area contributed by atoms with Crippen LogP contribution < -0.4 is 0 Å². The first-order chi connectivity index (χ1) is 34.9. The van der Waals surface area contributed by atoms with Crippen LogP contribution >= 0.6 is 0 Å². The van der Waals surface area contributed by atoms with E-state index in [1.807, 2.05) is 0 Å². The number of unbranched alkanes of at least 4 members (excludes halogenated alkanes) is 47. The lowest BCUT2D eigenvalue weighted by Crippen LogP contribution is -2.30. The summed E-state index contributed by atoms with van der Waals surface area (Å²) >= 11 is 0.